The van der Waals surface area contributed by atoms with Gasteiger partial charge < -0.3 is 10.1 Å². The Morgan fingerprint density at radius 3 is 2.44 bits per heavy atom. The van der Waals surface area contributed by atoms with Crippen molar-refractivity contribution in [3.8, 4) is 17.0 Å². The van der Waals surface area contributed by atoms with Gasteiger partial charge in [-0.1, -0.05) is 13.8 Å². The molecule has 0 bridgehead atoms. The van der Waals surface area contributed by atoms with Gasteiger partial charge in [-0.3, -0.25) is 0 Å². The van der Waals surface area contributed by atoms with Crippen LogP contribution in [0.5, 0.6) is 5.75 Å². The third kappa shape index (κ3) is 2.04. The average Bonchev–Trinajstić information content (AvgIpc) is 2.61. The van der Waals surface area contributed by atoms with Crippen molar-refractivity contribution in [2.75, 3.05) is 0 Å². The Morgan fingerprint density at radius 1 is 1.25 bits per heavy atom. The SMILES string of the molecule is CC(C)c1[nH]c(Cl)nc1-c1ccc(O)cc1. The molecule has 0 spiro atoms. The van der Waals surface area contributed by atoms with Gasteiger partial charge in [0.15, 0.2) is 0 Å². The van der Waals surface area contributed by atoms with Crippen molar-refractivity contribution in [3.05, 3.63) is 35.2 Å². The number of nitrogens with one attached hydrogen (secondary N) is 1. The van der Waals surface area contributed by atoms with Crippen LogP contribution < -0.4 is 0 Å². The highest BCUT2D eigenvalue weighted by Crippen LogP contribution is 2.29. The van der Waals surface area contributed by atoms with E-state index >= 15 is 0 Å². The Bertz CT molecular complexity index is 488. The van der Waals surface area contributed by atoms with Crippen molar-refractivity contribution in [2.24, 2.45) is 0 Å². The van der Waals surface area contributed by atoms with Crippen LogP contribution >= 0.6 is 11.6 Å². The van der Waals surface area contributed by atoms with Gasteiger partial charge >= 0.3 is 0 Å². The van der Waals surface area contributed by atoms with Gasteiger partial charge in [-0.25, -0.2) is 4.98 Å². The van der Waals surface area contributed by atoms with Crippen LogP contribution in [0.4, 0.5) is 0 Å². The van der Waals surface area contributed by atoms with Crippen LogP contribution in [0.1, 0.15) is 25.5 Å². The zero-order valence-corrected chi connectivity index (χ0v) is 9.92. The Hall–Kier alpha value is -1.48. The summed E-state index contributed by atoms with van der Waals surface area (Å²) in [4.78, 5) is 7.31. The molecule has 0 aliphatic carbocycles. The standard InChI is InChI=1S/C12H13ClN2O/c1-7(2)10-11(15-12(13)14-10)8-3-5-9(16)6-4-8/h3-7,16H,1-2H3,(H,14,15). The summed E-state index contributed by atoms with van der Waals surface area (Å²) in [5.74, 6) is 0.570. The number of hydrogen-bond donors (Lipinski definition) is 2. The smallest absolute Gasteiger partial charge is 0.200 e. The molecular weight excluding hydrogens is 224 g/mol. The predicted molar refractivity (Wildman–Crippen MR) is 64.8 cm³/mol. The fourth-order valence-electron chi connectivity index (χ4n) is 1.61. The molecule has 3 nitrogen and oxygen atoms in total. The minimum Gasteiger partial charge on any atom is -0.508 e. The van der Waals surface area contributed by atoms with E-state index in [1.807, 2.05) is 12.1 Å². The maximum Gasteiger partial charge on any atom is 0.200 e. The topological polar surface area (TPSA) is 48.9 Å². The molecule has 1 heterocycles. The number of phenolic OH excluding ortho intramolecular Hbond substituents is 1. The second kappa shape index (κ2) is 4.18. The van der Waals surface area contributed by atoms with Gasteiger partial charge in [-0.15, -0.1) is 0 Å². The van der Waals surface area contributed by atoms with E-state index in [1.165, 1.54) is 0 Å². The highest BCUT2D eigenvalue weighted by Gasteiger charge is 2.13. The zero-order chi connectivity index (χ0) is 11.7. The largest absolute Gasteiger partial charge is 0.508 e. The van der Waals surface area contributed by atoms with Crippen molar-refractivity contribution < 1.29 is 5.11 Å². The first kappa shape index (κ1) is 11.0. The number of phenols is 1. The molecule has 0 unspecified atom stereocenters. The maximum absolute atomic E-state index is 9.23. The minimum atomic E-state index is 0.247. The number of aromatic amines is 1. The first-order chi connectivity index (χ1) is 7.58. The Kier molecular flexibility index (Phi) is 2.88. The van der Waals surface area contributed by atoms with Gasteiger partial charge in [-0.05, 0) is 41.8 Å². The summed E-state index contributed by atoms with van der Waals surface area (Å²) in [6.07, 6.45) is 0. The Morgan fingerprint density at radius 2 is 1.88 bits per heavy atom. The number of rotatable bonds is 2. The molecule has 0 atom stereocenters. The number of halogens is 1. The van der Waals surface area contributed by atoms with Crippen molar-refractivity contribution in [1.29, 1.82) is 0 Å². The van der Waals surface area contributed by atoms with E-state index in [1.54, 1.807) is 12.1 Å². The molecule has 0 saturated carbocycles. The molecule has 2 aromatic rings. The number of aromatic hydroxyl groups is 1. The molecule has 0 saturated heterocycles. The van der Waals surface area contributed by atoms with Crippen LogP contribution in [-0.2, 0) is 0 Å². The number of imidazole rings is 1. The lowest BCUT2D eigenvalue weighted by Gasteiger charge is -2.05. The summed E-state index contributed by atoms with van der Waals surface area (Å²) in [6.45, 7) is 4.15. The highest BCUT2D eigenvalue weighted by molar-refractivity contribution is 6.28. The fraction of sp³-hybridized carbons (Fsp3) is 0.250. The third-order valence-corrected chi connectivity index (χ3v) is 2.60. The van der Waals surface area contributed by atoms with Gasteiger partial charge in [0.1, 0.15) is 5.75 Å². The van der Waals surface area contributed by atoms with Crippen molar-refractivity contribution in [3.63, 3.8) is 0 Å². The first-order valence-corrected chi connectivity index (χ1v) is 5.50. The molecule has 2 N–H and O–H groups in total. The summed E-state index contributed by atoms with van der Waals surface area (Å²) in [5.41, 5.74) is 2.81. The van der Waals surface area contributed by atoms with E-state index in [0.717, 1.165) is 17.0 Å². The van der Waals surface area contributed by atoms with E-state index in [-0.39, 0.29) is 5.75 Å². The first-order valence-electron chi connectivity index (χ1n) is 5.12. The van der Waals surface area contributed by atoms with E-state index in [9.17, 15) is 5.11 Å². The van der Waals surface area contributed by atoms with Crippen LogP contribution in [0, 0.1) is 0 Å². The molecule has 4 heteroatoms. The van der Waals surface area contributed by atoms with Crippen LogP contribution in [0.15, 0.2) is 24.3 Å². The van der Waals surface area contributed by atoms with Gasteiger partial charge in [0.2, 0.25) is 5.28 Å². The molecule has 1 aromatic heterocycles. The normalized spacial score (nSPS) is 11.0. The zero-order valence-electron chi connectivity index (χ0n) is 9.16. The second-order valence-corrected chi connectivity index (χ2v) is 4.35. The molecule has 16 heavy (non-hydrogen) atoms. The van der Waals surface area contributed by atoms with Gasteiger partial charge in [0.25, 0.3) is 0 Å². The summed E-state index contributed by atoms with van der Waals surface area (Å²) < 4.78 is 0. The number of H-pyrrole nitrogens is 1. The molecule has 0 aliphatic heterocycles. The molecule has 0 fully saturated rings. The summed E-state index contributed by atoms with van der Waals surface area (Å²) >= 11 is 5.87. The second-order valence-electron chi connectivity index (χ2n) is 3.99. The van der Waals surface area contributed by atoms with E-state index in [2.05, 4.69) is 23.8 Å². The minimum absolute atomic E-state index is 0.247. The van der Waals surface area contributed by atoms with Crippen molar-refractivity contribution >= 4 is 11.6 Å². The van der Waals surface area contributed by atoms with Gasteiger partial charge in [0.05, 0.1) is 5.69 Å². The molecule has 0 aliphatic rings. The van der Waals surface area contributed by atoms with E-state index in [0.29, 0.717) is 11.2 Å². The van der Waals surface area contributed by atoms with E-state index in [4.69, 9.17) is 11.6 Å². The van der Waals surface area contributed by atoms with E-state index < -0.39 is 0 Å². The molecular formula is C12H13ClN2O. The maximum atomic E-state index is 9.23. The monoisotopic (exact) mass is 236 g/mol. The van der Waals surface area contributed by atoms with Crippen LogP contribution in [0.2, 0.25) is 5.28 Å². The van der Waals surface area contributed by atoms with Crippen LogP contribution in [0.25, 0.3) is 11.3 Å². The summed E-state index contributed by atoms with van der Waals surface area (Å²) in [7, 11) is 0. The Labute approximate surface area is 99.1 Å². The lowest BCUT2D eigenvalue weighted by molar-refractivity contribution is 0.475. The number of benzene rings is 1. The molecule has 2 rings (SSSR count). The molecule has 84 valence electrons. The predicted octanol–water partition coefficient (Wildman–Crippen LogP) is 3.56. The summed E-state index contributed by atoms with van der Waals surface area (Å²) in [6, 6.07) is 6.94. The third-order valence-electron chi connectivity index (χ3n) is 2.42. The van der Waals surface area contributed by atoms with Crippen LogP contribution in [-0.4, -0.2) is 15.1 Å². The van der Waals surface area contributed by atoms with Crippen molar-refractivity contribution in [2.45, 2.75) is 19.8 Å². The lowest BCUT2D eigenvalue weighted by atomic mass is 10.0. The van der Waals surface area contributed by atoms with Crippen LogP contribution in [0.3, 0.4) is 0 Å². The van der Waals surface area contributed by atoms with Crippen molar-refractivity contribution in [1.82, 2.24) is 9.97 Å². The number of hydrogen-bond acceptors (Lipinski definition) is 2. The molecule has 0 radical (unpaired) electrons. The van der Waals surface area contributed by atoms with Gasteiger partial charge in [0, 0.05) is 11.3 Å². The molecule has 0 amide bonds. The van der Waals surface area contributed by atoms with Gasteiger partial charge in [-0.2, -0.15) is 0 Å². The molecule has 1 aromatic carbocycles. The lowest BCUT2D eigenvalue weighted by Crippen LogP contribution is -1.91. The summed E-state index contributed by atoms with van der Waals surface area (Å²) in [5, 5.41) is 9.63. The number of nitrogens with zero attached hydrogens (tertiary/aromatic N) is 1. The average molecular weight is 237 g/mol. The number of aromatic nitrogens is 2. The quantitative estimate of drug-likeness (QED) is 0.838. The fourth-order valence-corrected chi connectivity index (χ4v) is 1.80. The Balaban J connectivity index is 2.50. The highest BCUT2D eigenvalue weighted by atomic mass is 35.5.